The van der Waals surface area contributed by atoms with Crippen molar-refractivity contribution in [2.45, 2.75) is 53.0 Å². The number of hydrogen-bond acceptors (Lipinski definition) is 4. The van der Waals surface area contributed by atoms with Gasteiger partial charge in [0, 0.05) is 31.7 Å². The Labute approximate surface area is 182 Å². The molecule has 0 aromatic heterocycles. The minimum Gasteiger partial charge on any atom is -0.493 e. The van der Waals surface area contributed by atoms with Gasteiger partial charge in [0.25, 0.3) is 0 Å². The Kier molecular flexibility index (Phi) is 9.91. The average Bonchev–Trinajstić information content (AvgIpc) is 3.18. The second kappa shape index (κ2) is 12.2. The number of guanidine groups is 1. The third-order valence-corrected chi connectivity index (χ3v) is 6.53. The summed E-state index contributed by atoms with van der Waals surface area (Å²) in [5.74, 6) is 1.94. The number of aliphatic imine (C=N–C) groups is 1. The van der Waals surface area contributed by atoms with Crippen LogP contribution in [0.3, 0.4) is 0 Å². The molecule has 1 saturated heterocycles. The van der Waals surface area contributed by atoms with Crippen molar-refractivity contribution in [2.75, 3.05) is 39.0 Å². The first-order chi connectivity index (χ1) is 14.3. The van der Waals surface area contributed by atoms with Gasteiger partial charge in [-0.15, -0.1) is 0 Å². The van der Waals surface area contributed by atoms with Gasteiger partial charge in [-0.2, -0.15) is 0 Å². The van der Waals surface area contributed by atoms with Crippen LogP contribution in [0.5, 0.6) is 5.75 Å². The summed E-state index contributed by atoms with van der Waals surface area (Å²) < 4.78 is 31.0. The molecule has 1 aliphatic heterocycles. The van der Waals surface area contributed by atoms with Crippen molar-refractivity contribution < 1.29 is 13.2 Å². The number of ether oxygens (including phenoxy) is 1. The molecular formula is C22H38N4O3S. The second-order valence-corrected chi connectivity index (χ2v) is 10.0. The fourth-order valence-corrected chi connectivity index (χ4v) is 4.39. The molecule has 0 spiro atoms. The van der Waals surface area contributed by atoms with E-state index in [9.17, 15) is 8.42 Å². The lowest BCUT2D eigenvalue weighted by molar-refractivity contribution is 0.303. The van der Waals surface area contributed by atoms with Crippen LogP contribution in [0.2, 0.25) is 0 Å². The minimum atomic E-state index is -3.10. The molecule has 0 radical (unpaired) electrons. The largest absolute Gasteiger partial charge is 0.493 e. The third-order valence-electron chi connectivity index (χ3n) is 5.26. The molecule has 1 aromatic rings. The van der Waals surface area contributed by atoms with Gasteiger partial charge in [0.1, 0.15) is 5.75 Å². The summed E-state index contributed by atoms with van der Waals surface area (Å²) >= 11 is 0. The van der Waals surface area contributed by atoms with Gasteiger partial charge in [-0.05, 0) is 44.2 Å². The van der Waals surface area contributed by atoms with Crippen molar-refractivity contribution in [1.29, 1.82) is 0 Å². The third kappa shape index (κ3) is 8.14. The van der Waals surface area contributed by atoms with E-state index in [0.717, 1.165) is 43.3 Å². The van der Waals surface area contributed by atoms with E-state index in [1.54, 1.807) is 4.31 Å². The van der Waals surface area contributed by atoms with Crippen molar-refractivity contribution in [3.8, 4) is 5.75 Å². The predicted molar refractivity (Wildman–Crippen MR) is 124 cm³/mol. The van der Waals surface area contributed by atoms with Crippen molar-refractivity contribution >= 4 is 16.0 Å². The average molecular weight is 439 g/mol. The van der Waals surface area contributed by atoms with Gasteiger partial charge in [-0.25, -0.2) is 17.7 Å². The van der Waals surface area contributed by atoms with E-state index in [1.165, 1.54) is 24.7 Å². The summed E-state index contributed by atoms with van der Waals surface area (Å²) in [5.41, 5.74) is 2.24. The highest BCUT2D eigenvalue weighted by atomic mass is 32.2. The molecule has 2 rings (SSSR count). The molecule has 0 amide bonds. The summed E-state index contributed by atoms with van der Waals surface area (Å²) in [7, 11) is -3.10. The van der Waals surface area contributed by atoms with E-state index in [0.29, 0.717) is 32.1 Å². The lowest BCUT2D eigenvalue weighted by Crippen LogP contribution is -2.40. The van der Waals surface area contributed by atoms with Crippen LogP contribution in [0.4, 0.5) is 0 Å². The summed E-state index contributed by atoms with van der Waals surface area (Å²) in [5, 5.41) is 6.65. The molecule has 1 aliphatic rings. The zero-order valence-corrected chi connectivity index (χ0v) is 19.7. The molecule has 1 aromatic carbocycles. The normalized spacial score (nSPS) is 17.9. The van der Waals surface area contributed by atoms with Gasteiger partial charge >= 0.3 is 0 Å². The molecule has 1 fully saturated rings. The summed E-state index contributed by atoms with van der Waals surface area (Å²) in [6.45, 7) is 10.2. The number of sulfonamides is 1. The molecule has 0 saturated carbocycles. The molecule has 8 heteroatoms. The molecular weight excluding hydrogens is 400 g/mol. The van der Waals surface area contributed by atoms with Crippen LogP contribution < -0.4 is 15.4 Å². The molecule has 0 aliphatic carbocycles. The van der Waals surface area contributed by atoms with Gasteiger partial charge in [0.05, 0.1) is 19.4 Å². The molecule has 1 atom stereocenters. The number of benzene rings is 1. The molecule has 1 heterocycles. The lowest BCUT2D eigenvalue weighted by Gasteiger charge is -2.16. The first-order valence-electron chi connectivity index (χ1n) is 11.0. The fraction of sp³-hybridized carbons (Fsp3) is 0.682. The number of unbranched alkanes of at least 4 members (excludes halogenated alkanes) is 2. The summed E-state index contributed by atoms with van der Waals surface area (Å²) in [6, 6.07) is 6.25. The van der Waals surface area contributed by atoms with E-state index in [1.807, 2.05) is 6.92 Å². The zero-order chi connectivity index (χ0) is 22.0. The van der Waals surface area contributed by atoms with Crippen molar-refractivity contribution in [2.24, 2.45) is 10.9 Å². The van der Waals surface area contributed by atoms with Crippen LogP contribution in [-0.2, 0) is 16.6 Å². The number of hydrogen-bond donors (Lipinski definition) is 2. The number of rotatable bonds is 11. The fourth-order valence-electron chi connectivity index (χ4n) is 3.47. The topological polar surface area (TPSA) is 83.0 Å². The second-order valence-electron chi connectivity index (χ2n) is 8.02. The zero-order valence-electron chi connectivity index (χ0n) is 18.9. The van der Waals surface area contributed by atoms with Crippen LogP contribution in [0.25, 0.3) is 0 Å². The highest BCUT2D eigenvalue weighted by molar-refractivity contribution is 7.88. The number of aryl methyl sites for hydroxylation is 1. The Morgan fingerprint density at radius 1 is 1.27 bits per heavy atom. The van der Waals surface area contributed by atoms with Gasteiger partial charge in [-0.3, -0.25) is 0 Å². The molecule has 2 N–H and O–H groups in total. The molecule has 1 unspecified atom stereocenters. The standard InChI is InChI=1S/C22H38N4O3S/c1-5-7-8-13-29-21-14-18(3)9-10-20(21)16-25-22(23-6-2)24-15-19-11-12-26(17-19)30(4,27)28/h9-10,14,19H,5-8,11-13,15-17H2,1-4H3,(H2,23,24,25). The Morgan fingerprint density at radius 3 is 2.73 bits per heavy atom. The molecule has 7 nitrogen and oxygen atoms in total. The smallest absolute Gasteiger partial charge is 0.211 e. The van der Waals surface area contributed by atoms with Gasteiger partial charge in [0.15, 0.2) is 5.96 Å². The Bertz CT molecular complexity index is 796. The van der Waals surface area contributed by atoms with Gasteiger partial charge < -0.3 is 15.4 Å². The summed E-state index contributed by atoms with van der Waals surface area (Å²) in [6.07, 6.45) is 5.55. The number of nitrogens with one attached hydrogen (secondary N) is 2. The Hall–Kier alpha value is -1.80. The predicted octanol–water partition coefficient (Wildman–Crippen LogP) is 2.90. The molecule has 170 valence electrons. The maximum absolute atomic E-state index is 11.7. The van der Waals surface area contributed by atoms with Crippen LogP contribution >= 0.6 is 0 Å². The molecule has 30 heavy (non-hydrogen) atoms. The number of nitrogens with zero attached hydrogens (tertiary/aromatic N) is 2. The molecule has 0 bridgehead atoms. The van der Waals surface area contributed by atoms with E-state index in [-0.39, 0.29) is 0 Å². The van der Waals surface area contributed by atoms with Crippen molar-refractivity contribution in [1.82, 2.24) is 14.9 Å². The Morgan fingerprint density at radius 2 is 2.07 bits per heavy atom. The maximum atomic E-state index is 11.7. The van der Waals surface area contributed by atoms with E-state index >= 15 is 0 Å². The highest BCUT2D eigenvalue weighted by Crippen LogP contribution is 2.22. The van der Waals surface area contributed by atoms with Gasteiger partial charge in [-0.1, -0.05) is 31.9 Å². The van der Waals surface area contributed by atoms with Crippen LogP contribution in [-0.4, -0.2) is 57.7 Å². The quantitative estimate of drug-likeness (QED) is 0.315. The SMILES string of the molecule is CCCCCOc1cc(C)ccc1CN=C(NCC)NCC1CCN(S(C)(=O)=O)C1. The minimum absolute atomic E-state index is 0.292. The van der Waals surface area contributed by atoms with Crippen LogP contribution in [0.15, 0.2) is 23.2 Å². The Balaban J connectivity index is 1.95. The van der Waals surface area contributed by atoms with E-state index < -0.39 is 10.0 Å². The highest BCUT2D eigenvalue weighted by Gasteiger charge is 2.28. The van der Waals surface area contributed by atoms with Crippen LogP contribution in [0.1, 0.15) is 50.7 Å². The van der Waals surface area contributed by atoms with E-state index in [4.69, 9.17) is 9.73 Å². The first kappa shape index (κ1) is 24.5. The first-order valence-corrected chi connectivity index (χ1v) is 12.9. The van der Waals surface area contributed by atoms with Crippen molar-refractivity contribution in [3.63, 3.8) is 0 Å². The van der Waals surface area contributed by atoms with Crippen molar-refractivity contribution in [3.05, 3.63) is 29.3 Å². The van der Waals surface area contributed by atoms with E-state index in [2.05, 4.69) is 42.7 Å². The maximum Gasteiger partial charge on any atom is 0.211 e. The lowest BCUT2D eigenvalue weighted by atomic mass is 10.1. The summed E-state index contributed by atoms with van der Waals surface area (Å²) in [4.78, 5) is 4.73. The monoisotopic (exact) mass is 438 g/mol. The van der Waals surface area contributed by atoms with Gasteiger partial charge in [0.2, 0.25) is 10.0 Å². The van der Waals surface area contributed by atoms with Crippen LogP contribution in [0, 0.1) is 12.8 Å².